The Balaban J connectivity index is 2.62. The minimum absolute atomic E-state index is 0.107. The van der Waals surface area contributed by atoms with E-state index in [1.54, 1.807) is 11.8 Å². The molecule has 0 radical (unpaired) electrons. The number of nitrogens with zero attached hydrogens (tertiary/aromatic N) is 1. The zero-order valence-corrected chi connectivity index (χ0v) is 7.39. The smallest absolute Gasteiger partial charge is 0.256 e. The van der Waals surface area contributed by atoms with Crippen molar-refractivity contribution >= 4 is 11.8 Å². The molecule has 0 saturated carbocycles. The third-order valence-electron chi connectivity index (χ3n) is 1.99. The maximum atomic E-state index is 11.3. The molecule has 64 valence electrons. The predicted octanol–water partition coefficient (Wildman–Crippen LogP) is 0.264. The molecule has 0 spiro atoms. The van der Waals surface area contributed by atoms with Crippen molar-refractivity contribution in [2.75, 3.05) is 0 Å². The van der Waals surface area contributed by atoms with Gasteiger partial charge >= 0.3 is 0 Å². The summed E-state index contributed by atoms with van der Waals surface area (Å²) in [6, 6.07) is -0.178. The van der Waals surface area contributed by atoms with Gasteiger partial charge in [-0.2, -0.15) is 0 Å². The molecule has 5 heteroatoms. The molecule has 1 aromatic rings. The van der Waals surface area contributed by atoms with Crippen molar-refractivity contribution < 1.29 is 0 Å². The maximum Gasteiger partial charge on any atom is 0.256 e. The van der Waals surface area contributed by atoms with Crippen LogP contribution < -0.4 is 11.3 Å². The van der Waals surface area contributed by atoms with Gasteiger partial charge in [0.15, 0.2) is 0 Å². The molecule has 0 fully saturated rings. The molecule has 2 atom stereocenters. The molecule has 12 heavy (non-hydrogen) atoms. The van der Waals surface area contributed by atoms with Crippen LogP contribution >= 0.6 is 11.8 Å². The molecule has 3 N–H and O–H groups in total. The first-order valence-corrected chi connectivity index (χ1v) is 4.58. The van der Waals surface area contributed by atoms with E-state index < -0.39 is 0 Å². The van der Waals surface area contributed by atoms with Crippen LogP contribution in [0.3, 0.4) is 0 Å². The second-order valence-electron chi connectivity index (χ2n) is 2.80. The van der Waals surface area contributed by atoms with Gasteiger partial charge in [-0.3, -0.25) is 4.79 Å². The highest BCUT2D eigenvalue weighted by atomic mass is 32.2. The summed E-state index contributed by atoms with van der Waals surface area (Å²) >= 11 is 1.56. The van der Waals surface area contributed by atoms with Crippen LogP contribution in [0.2, 0.25) is 0 Å². The van der Waals surface area contributed by atoms with E-state index in [-0.39, 0.29) is 16.9 Å². The van der Waals surface area contributed by atoms with Crippen molar-refractivity contribution in [2.45, 2.75) is 23.2 Å². The van der Waals surface area contributed by atoms with Gasteiger partial charge in [0, 0.05) is 11.3 Å². The number of aromatic nitrogens is 2. The third-order valence-corrected chi connectivity index (χ3v) is 3.20. The highest BCUT2D eigenvalue weighted by Gasteiger charge is 2.30. The van der Waals surface area contributed by atoms with Gasteiger partial charge in [0.25, 0.3) is 5.56 Å². The minimum Gasteiger partial charge on any atom is -0.323 e. The highest BCUT2D eigenvalue weighted by molar-refractivity contribution is 8.00. The summed E-state index contributed by atoms with van der Waals surface area (Å²) in [5.41, 5.74) is 6.34. The summed E-state index contributed by atoms with van der Waals surface area (Å²) in [7, 11) is 0. The van der Waals surface area contributed by atoms with Gasteiger partial charge in [0.1, 0.15) is 5.03 Å². The molecule has 1 aliphatic heterocycles. The molecule has 1 aromatic heterocycles. The van der Waals surface area contributed by atoms with E-state index in [2.05, 4.69) is 9.97 Å². The summed E-state index contributed by atoms with van der Waals surface area (Å²) in [5.74, 6) is 0. The van der Waals surface area contributed by atoms with Crippen molar-refractivity contribution in [3.8, 4) is 0 Å². The Hall–Kier alpha value is -0.810. The van der Waals surface area contributed by atoms with E-state index in [1.165, 1.54) is 6.33 Å². The molecule has 2 unspecified atom stereocenters. The summed E-state index contributed by atoms with van der Waals surface area (Å²) < 4.78 is 0. The lowest BCUT2D eigenvalue weighted by molar-refractivity contribution is 0.704. The zero-order valence-electron chi connectivity index (χ0n) is 6.57. The standard InChI is InChI=1S/C7H9N3OS/c1-3-5(8)4-6(11)9-2-10-7(4)12-3/h2-3,5H,8H2,1H3,(H,9,10,11). The lowest BCUT2D eigenvalue weighted by Crippen LogP contribution is -2.24. The van der Waals surface area contributed by atoms with Gasteiger partial charge in [-0.15, -0.1) is 11.8 Å². The van der Waals surface area contributed by atoms with Crippen molar-refractivity contribution in [3.05, 3.63) is 22.2 Å². The molecule has 4 nitrogen and oxygen atoms in total. The fourth-order valence-electron chi connectivity index (χ4n) is 1.27. The quantitative estimate of drug-likeness (QED) is 0.566. The number of hydrogen-bond donors (Lipinski definition) is 2. The van der Waals surface area contributed by atoms with Crippen molar-refractivity contribution in [1.29, 1.82) is 0 Å². The molecule has 1 aliphatic rings. The highest BCUT2D eigenvalue weighted by Crippen LogP contribution is 2.38. The SMILES string of the molecule is CC1Sc2nc[nH]c(=O)c2C1N. The molecule has 0 aliphatic carbocycles. The predicted molar refractivity (Wildman–Crippen MR) is 47.1 cm³/mol. The normalized spacial score (nSPS) is 27.2. The molecule has 0 bridgehead atoms. The Morgan fingerprint density at radius 2 is 2.50 bits per heavy atom. The monoisotopic (exact) mass is 183 g/mol. The number of nitrogens with one attached hydrogen (secondary N) is 1. The molecule has 0 aromatic carbocycles. The van der Waals surface area contributed by atoms with E-state index in [0.717, 1.165) is 5.03 Å². The van der Waals surface area contributed by atoms with Gasteiger partial charge in [-0.05, 0) is 0 Å². The number of fused-ring (bicyclic) bond motifs is 1. The Morgan fingerprint density at radius 1 is 1.75 bits per heavy atom. The van der Waals surface area contributed by atoms with E-state index in [0.29, 0.717) is 5.56 Å². The first-order valence-electron chi connectivity index (χ1n) is 3.70. The third kappa shape index (κ3) is 0.971. The molecule has 2 heterocycles. The van der Waals surface area contributed by atoms with E-state index in [1.807, 2.05) is 6.92 Å². The molecule has 2 rings (SSSR count). The lowest BCUT2D eigenvalue weighted by Gasteiger charge is -2.05. The average molecular weight is 183 g/mol. The fourth-order valence-corrected chi connectivity index (χ4v) is 2.37. The second-order valence-corrected chi connectivity index (χ2v) is 4.17. The Bertz CT molecular complexity index is 362. The second kappa shape index (κ2) is 2.60. The number of thioether (sulfide) groups is 1. The largest absolute Gasteiger partial charge is 0.323 e. The Morgan fingerprint density at radius 3 is 3.17 bits per heavy atom. The van der Waals surface area contributed by atoms with Crippen LogP contribution in [-0.2, 0) is 0 Å². The van der Waals surface area contributed by atoms with E-state index in [9.17, 15) is 4.79 Å². The van der Waals surface area contributed by atoms with E-state index >= 15 is 0 Å². The first kappa shape index (κ1) is 7.82. The number of nitrogens with two attached hydrogens (primary N) is 1. The van der Waals surface area contributed by atoms with Crippen molar-refractivity contribution in [2.24, 2.45) is 5.73 Å². The molecule has 0 amide bonds. The van der Waals surface area contributed by atoms with Gasteiger partial charge < -0.3 is 10.7 Å². The van der Waals surface area contributed by atoms with Crippen LogP contribution in [0.4, 0.5) is 0 Å². The summed E-state index contributed by atoms with van der Waals surface area (Å²) in [6.45, 7) is 2.00. The average Bonchev–Trinajstić information content (AvgIpc) is 2.29. The number of hydrogen-bond acceptors (Lipinski definition) is 4. The van der Waals surface area contributed by atoms with Crippen LogP contribution in [-0.4, -0.2) is 15.2 Å². The van der Waals surface area contributed by atoms with Crippen LogP contribution in [0, 0.1) is 0 Å². The summed E-state index contributed by atoms with van der Waals surface area (Å²) in [5, 5.41) is 1.02. The maximum absolute atomic E-state index is 11.3. The zero-order chi connectivity index (χ0) is 8.72. The van der Waals surface area contributed by atoms with Crippen LogP contribution in [0.25, 0.3) is 0 Å². The minimum atomic E-state index is -0.178. The summed E-state index contributed by atoms with van der Waals surface area (Å²) in [6.07, 6.45) is 1.42. The van der Waals surface area contributed by atoms with E-state index in [4.69, 9.17) is 5.73 Å². The van der Waals surface area contributed by atoms with Crippen LogP contribution in [0.15, 0.2) is 16.1 Å². The van der Waals surface area contributed by atoms with Crippen LogP contribution in [0.5, 0.6) is 0 Å². The van der Waals surface area contributed by atoms with Gasteiger partial charge in [-0.25, -0.2) is 4.98 Å². The first-order chi connectivity index (χ1) is 5.70. The molecule has 0 saturated heterocycles. The van der Waals surface area contributed by atoms with Gasteiger partial charge in [-0.1, -0.05) is 6.92 Å². The number of aromatic amines is 1. The number of rotatable bonds is 0. The Kier molecular flexibility index (Phi) is 1.69. The van der Waals surface area contributed by atoms with Crippen molar-refractivity contribution in [1.82, 2.24) is 9.97 Å². The molecular weight excluding hydrogens is 174 g/mol. The number of H-pyrrole nitrogens is 1. The van der Waals surface area contributed by atoms with Crippen LogP contribution in [0.1, 0.15) is 18.5 Å². The topological polar surface area (TPSA) is 71.8 Å². The Labute approximate surface area is 73.6 Å². The van der Waals surface area contributed by atoms with Gasteiger partial charge in [0.2, 0.25) is 0 Å². The summed E-state index contributed by atoms with van der Waals surface area (Å²) in [4.78, 5) is 17.8. The van der Waals surface area contributed by atoms with Crippen molar-refractivity contribution in [3.63, 3.8) is 0 Å². The van der Waals surface area contributed by atoms with Gasteiger partial charge in [0.05, 0.1) is 11.9 Å². The fraction of sp³-hybridized carbons (Fsp3) is 0.429. The molecular formula is C7H9N3OS. The lowest BCUT2D eigenvalue weighted by atomic mass is 10.1.